The summed E-state index contributed by atoms with van der Waals surface area (Å²) < 4.78 is 74.1. The van der Waals surface area contributed by atoms with Crippen molar-refractivity contribution in [2.45, 2.75) is 51.5 Å². The number of hydrogen-bond acceptors (Lipinski definition) is 12. The van der Waals surface area contributed by atoms with Gasteiger partial charge in [0.2, 0.25) is 16.8 Å². The van der Waals surface area contributed by atoms with Crippen molar-refractivity contribution in [3.63, 3.8) is 0 Å². The number of carbonyl (C=O) groups is 1. The van der Waals surface area contributed by atoms with Crippen LogP contribution in [0.2, 0.25) is 0 Å². The molecule has 0 radical (unpaired) electrons. The molecule has 0 unspecified atom stereocenters. The lowest BCUT2D eigenvalue weighted by Gasteiger charge is -2.40. The van der Waals surface area contributed by atoms with Crippen LogP contribution in [-0.2, 0) is 43.1 Å². The van der Waals surface area contributed by atoms with E-state index in [2.05, 4.69) is 10.1 Å². The number of hydrogen-bond donors (Lipinski definition) is 1. The molecule has 256 valence electrons. The number of aryl methyl sites for hydroxylation is 2. The smallest absolute Gasteiger partial charge is 0.512 e. The van der Waals surface area contributed by atoms with Crippen LogP contribution in [0.25, 0.3) is 22.4 Å². The molecular formula is C28H42N6O10S2. The molecular weight excluding hydrogens is 644 g/mol. The number of likely N-dealkylation sites (N-methyl/N-ethyl adjacent to an activating group) is 1. The molecule has 1 saturated heterocycles. The topological polar surface area (TPSA) is 203 Å². The number of fused-ring (bicyclic) bond motifs is 1. The Bertz CT molecular complexity index is 1800. The summed E-state index contributed by atoms with van der Waals surface area (Å²) in [6, 6.07) is 4.58. The molecule has 4 rings (SSSR count). The molecule has 1 aliphatic rings. The standard InChI is InChI=1S/C27H38N6O7S.CH4O3S/c1-7-9-21-23-24(31(5)30-21)26(34)29-25(28-23)20-16-19(10-11-22(20)38-8-2)41(36,37)32-12-14-33(6,15-13-32)17-39-27(35)40-18(3)4;1-5(2,3)4/h10-11,16,18H,7-9,12-15,17H2,1-6H3;1H3,(H,2,3,4). The maximum absolute atomic E-state index is 13.7. The van der Waals surface area contributed by atoms with E-state index in [1.165, 1.54) is 21.1 Å². The van der Waals surface area contributed by atoms with E-state index < -0.39 is 26.3 Å². The Hall–Kier alpha value is -3.58. The van der Waals surface area contributed by atoms with Crippen LogP contribution >= 0.6 is 0 Å². The maximum atomic E-state index is 13.7. The Labute approximate surface area is 268 Å². The first-order valence-corrected chi connectivity index (χ1v) is 17.9. The van der Waals surface area contributed by atoms with Crippen molar-refractivity contribution >= 4 is 37.3 Å². The van der Waals surface area contributed by atoms with Gasteiger partial charge in [-0.1, -0.05) is 13.3 Å². The van der Waals surface area contributed by atoms with Crippen LogP contribution in [0.15, 0.2) is 27.9 Å². The summed E-state index contributed by atoms with van der Waals surface area (Å²) in [6.07, 6.45) is 1.06. The lowest BCUT2D eigenvalue weighted by Crippen LogP contribution is -2.59. The highest BCUT2D eigenvalue weighted by molar-refractivity contribution is 7.89. The van der Waals surface area contributed by atoms with Crippen LogP contribution in [0, 0.1) is 0 Å². The van der Waals surface area contributed by atoms with Crippen LogP contribution in [0.1, 0.15) is 39.8 Å². The molecule has 0 saturated carbocycles. The Balaban J connectivity index is 0.00000107. The van der Waals surface area contributed by atoms with Crippen molar-refractivity contribution in [2.24, 2.45) is 7.05 Å². The maximum Gasteiger partial charge on any atom is 0.512 e. The predicted octanol–water partition coefficient (Wildman–Crippen LogP) is 1.81. The fraction of sp³-hybridized carbons (Fsp3) is 0.571. The van der Waals surface area contributed by atoms with Gasteiger partial charge in [0.15, 0.2) is 5.52 Å². The van der Waals surface area contributed by atoms with E-state index >= 15 is 0 Å². The largest absolute Gasteiger partial charge is 0.748 e. The van der Waals surface area contributed by atoms with Gasteiger partial charge in [0.1, 0.15) is 17.1 Å². The average Bonchev–Trinajstić information content (AvgIpc) is 3.26. The lowest BCUT2D eigenvalue weighted by atomic mass is 10.1. The average molecular weight is 687 g/mol. The molecule has 0 bridgehead atoms. The number of carbonyl (C=O) groups excluding carboxylic acids is 1. The number of aromatic nitrogens is 4. The third-order valence-electron chi connectivity index (χ3n) is 7.00. The Morgan fingerprint density at radius 3 is 2.35 bits per heavy atom. The molecule has 0 aliphatic carbocycles. The summed E-state index contributed by atoms with van der Waals surface area (Å²) in [6.45, 7) is 9.12. The number of sulfonamides is 1. The zero-order chi connectivity index (χ0) is 34.4. The molecule has 1 N–H and O–H groups in total. The van der Waals surface area contributed by atoms with E-state index in [4.69, 9.17) is 32.2 Å². The number of piperazine rings is 1. The number of quaternary nitrogens is 1. The lowest BCUT2D eigenvalue weighted by molar-refractivity contribution is -0.928. The quantitative estimate of drug-likeness (QED) is 0.184. The van der Waals surface area contributed by atoms with Crippen molar-refractivity contribution in [1.29, 1.82) is 0 Å². The Kier molecular flexibility index (Phi) is 11.9. The van der Waals surface area contributed by atoms with Crippen molar-refractivity contribution in [2.75, 3.05) is 52.8 Å². The van der Waals surface area contributed by atoms with Crippen LogP contribution in [-0.4, -0.2) is 115 Å². The molecule has 46 heavy (non-hydrogen) atoms. The Morgan fingerprint density at radius 1 is 1.15 bits per heavy atom. The van der Waals surface area contributed by atoms with Gasteiger partial charge in [0, 0.05) is 13.3 Å². The van der Waals surface area contributed by atoms with Gasteiger partial charge in [0.05, 0.1) is 72.2 Å². The van der Waals surface area contributed by atoms with Crippen LogP contribution in [0.5, 0.6) is 5.75 Å². The summed E-state index contributed by atoms with van der Waals surface area (Å²) >= 11 is 0. The van der Waals surface area contributed by atoms with Crippen LogP contribution in [0.4, 0.5) is 4.79 Å². The first-order valence-electron chi connectivity index (χ1n) is 14.7. The number of benzene rings is 1. The highest BCUT2D eigenvalue weighted by atomic mass is 32.2. The van der Waals surface area contributed by atoms with Gasteiger partial charge in [-0.05, 0) is 45.4 Å². The molecule has 1 fully saturated rings. The van der Waals surface area contributed by atoms with Crippen LogP contribution < -0.4 is 10.3 Å². The number of rotatable bonds is 10. The van der Waals surface area contributed by atoms with E-state index in [0.717, 1.165) is 6.42 Å². The molecule has 0 spiro atoms. The van der Waals surface area contributed by atoms with Crippen molar-refractivity contribution in [3.05, 3.63) is 34.2 Å². The molecule has 3 aromatic rings. The predicted molar refractivity (Wildman–Crippen MR) is 168 cm³/mol. The summed E-state index contributed by atoms with van der Waals surface area (Å²) in [4.78, 5) is 32.4. The van der Waals surface area contributed by atoms with E-state index in [9.17, 15) is 18.0 Å². The third-order valence-corrected chi connectivity index (χ3v) is 8.89. The molecule has 1 aliphatic heterocycles. The molecule has 16 nitrogen and oxygen atoms in total. The number of ether oxygens (including phenoxy) is 3. The SMILES string of the molecule is CCCc1nn(C)c2c(=O)[nH]c(-c3cc(S(=O)(=O)N4CC[N+](C)(COC(=O)OC(C)C)CC4)ccc3OCC)nc12.CS(=O)(=O)[O-]. The van der Waals surface area contributed by atoms with E-state index in [0.29, 0.717) is 64.9 Å². The number of nitrogens with zero attached hydrogens (tertiary/aromatic N) is 5. The summed E-state index contributed by atoms with van der Waals surface area (Å²) in [5, 5.41) is 4.46. The molecule has 3 heterocycles. The van der Waals surface area contributed by atoms with Gasteiger partial charge in [-0.2, -0.15) is 9.40 Å². The Morgan fingerprint density at radius 2 is 1.78 bits per heavy atom. The van der Waals surface area contributed by atoms with Crippen molar-refractivity contribution < 1.29 is 44.9 Å². The molecule has 18 heteroatoms. The minimum Gasteiger partial charge on any atom is -0.748 e. The van der Waals surface area contributed by atoms with Gasteiger partial charge < -0.3 is 23.7 Å². The second-order valence-electron chi connectivity index (χ2n) is 11.4. The zero-order valence-corrected chi connectivity index (χ0v) is 28.7. The highest BCUT2D eigenvalue weighted by Gasteiger charge is 2.36. The second-order valence-corrected chi connectivity index (χ2v) is 14.7. The normalized spacial score (nSPS) is 15.3. The first kappa shape index (κ1) is 36.9. The summed E-state index contributed by atoms with van der Waals surface area (Å²) in [7, 11) is -4.20. The minimum absolute atomic E-state index is 0.0616. The fourth-order valence-electron chi connectivity index (χ4n) is 4.80. The van der Waals surface area contributed by atoms with Gasteiger partial charge in [-0.25, -0.2) is 26.6 Å². The van der Waals surface area contributed by atoms with Gasteiger partial charge in [-0.15, -0.1) is 0 Å². The molecule has 0 atom stereocenters. The van der Waals surface area contributed by atoms with Gasteiger partial charge in [-0.3, -0.25) is 14.0 Å². The molecule has 1 aromatic carbocycles. The summed E-state index contributed by atoms with van der Waals surface area (Å²) in [5.41, 5.74) is 1.54. The van der Waals surface area contributed by atoms with Crippen molar-refractivity contribution in [1.82, 2.24) is 24.1 Å². The van der Waals surface area contributed by atoms with Crippen molar-refractivity contribution in [3.8, 4) is 17.1 Å². The molecule has 0 amide bonds. The van der Waals surface area contributed by atoms with E-state index in [-0.39, 0.29) is 42.2 Å². The van der Waals surface area contributed by atoms with Gasteiger partial charge >= 0.3 is 6.16 Å². The fourth-order valence-corrected chi connectivity index (χ4v) is 6.25. The monoisotopic (exact) mass is 686 g/mol. The number of H-pyrrole nitrogens is 1. The second kappa shape index (κ2) is 14.9. The zero-order valence-electron chi connectivity index (χ0n) is 27.1. The molecule has 2 aromatic heterocycles. The first-order chi connectivity index (χ1) is 21.4. The van der Waals surface area contributed by atoms with E-state index in [1.54, 1.807) is 27.0 Å². The van der Waals surface area contributed by atoms with E-state index in [1.807, 2.05) is 20.9 Å². The summed E-state index contributed by atoms with van der Waals surface area (Å²) in [5.74, 6) is 0.616. The number of nitrogens with one attached hydrogen (secondary N) is 1. The van der Waals surface area contributed by atoms with Crippen LogP contribution in [0.3, 0.4) is 0 Å². The minimum atomic E-state index is -3.92. The number of aromatic amines is 1. The third kappa shape index (κ3) is 9.47. The highest BCUT2D eigenvalue weighted by Crippen LogP contribution is 2.32. The van der Waals surface area contributed by atoms with Gasteiger partial charge in [0.25, 0.3) is 5.56 Å².